The number of aromatic nitrogens is 2. The lowest BCUT2D eigenvalue weighted by molar-refractivity contribution is -0.135. The molecule has 1 aliphatic heterocycles. The van der Waals surface area contributed by atoms with Gasteiger partial charge in [0.05, 0.1) is 11.0 Å². The molecule has 2 aliphatic rings. The second-order valence-corrected chi connectivity index (χ2v) is 9.32. The molecule has 0 radical (unpaired) electrons. The van der Waals surface area contributed by atoms with E-state index in [-0.39, 0.29) is 18.3 Å². The number of amides is 4. The third kappa shape index (κ3) is 4.13. The molecule has 176 valence electrons. The molecule has 2 heterocycles. The van der Waals surface area contributed by atoms with Crippen LogP contribution in [0.5, 0.6) is 0 Å². The summed E-state index contributed by atoms with van der Waals surface area (Å²) in [5.41, 5.74) is 1.55. The molecule has 1 aromatic heterocycles. The van der Waals surface area contributed by atoms with Crippen LogP contribution in [0, 0.1) is 11.7 Å². The number of rotatable bonds is 5. The molecule has 0 bridgehead atoms. The third-order valence-electron chi connectivity index (χ3n) is 6.81. The number of carbonyl (C=O) groups excluding carboxylic acids is 3. The molecule has 1 saturated carbocycles. The van der Waals surface area contributed by atoms with Gasteiger partial charge in [0.25, 0.3) is 5.91 Å². The Kier molecular flexibility index (Phi) is 5.55. The maximum absolute atomic E-state index is 13.9. The minimum Gasteiger partial charge on any atom is -0.342 e. The van der Waals surface area contributed by atoms with E-state index in [1.807, 2.05) is 0 Å². The first-order chi connectivity index (χ1) is 16.3. The second-order valence-electron chi connectivity index (χ2n) is 9.32. The summed E-state index contributed by atoms with van der Waals surface area (Å²) in [4.78, 5) is 46.7. The largest absolute Gasteiger partial charge is 0.342 e. The van der Waals surface area contributed by atoms with E-state index in [0.29, 0.717) is 53.3 Å². The zero-order valence-electron chi connectivity index (χ0n) is 18.9. The van der Waals surface area contributed by atoms with Gasteiger partial charge in [-0.3, -0.25) is 14.5 Å². The number of hydrogen-bond donors (Lipinski definition) is 3. The third-order valence-corrected chi connectivity index (χ3v) is 6.81. The molecule has 0 unspecified atom stereocenters. The fraction of sp³-hybridized carbons (Fsp3) is 0.360. The normalized spacial score (nSPS) is 22.4. The minimum atomic E-state index is -0.868. The Hall–Kier alpha value is -3.75. The molecule has 1 aliphatic carbocycles. The molecule has 8 nitrogen and oxygen atoms in total. The van der Waals surface area contributed by atoms with Crippen molar-refractivity contribution in [2.24, 2.45) is 5.92 Å². The first-order valence-electron chi connectivity index (χ1n) is 11.5. The van der Waals surface area contributed by atoms with Gasteiger partial charge in [-0.25, -0.2) is 14.2 Å². The number of nitrogens with one attached hydrogen (secondary N) is 3. The molecular weight excluding hydrogens is 437 g/mol. The van der Waals surface area contributed by atoms with Crippen LogP contribution in [0.1, 0.15) is 44.0 Å². The Morgan fingerprint density at radius 2 is 1.97 bits per heavy atom. The predicted molar refractivity (Wildman–Crippen MR) is 125 cm³/mol. The van der Waals surface area contributed by atoms with Crippen LogP contribution in [-0.2, 0) is 16.0 Å². The predicted octanol–water partition coefficient (Wildman–Crippen LogP) is 3.73. The molecule has 2 fully saturated rings. The van der Waals surface area contributed by atoms with Crippen LogP contribution in [-0.4, -0.2) is 44.8 Å². The van der Waals surface area contributed by atoms with Crippen LogP contribution in [0.15, 0.2) is 42.5 Å². The zero-order chi connectivity index (χ0) is 23.9. The molecule has 5 rings (SSSR count). The number of imidazole rings is 1. The van der Waals surface area contributed by atoms with E-state index >= 15 is 0 Å². The van der Waals surface area contributed by atoms with Crippen molar-refractivity contribution in [2.45, 2.75) is 44.6 Å². The lowest BCUT2D eigenvalue weighted by atomic mass is 9.77. The van der Waals surface area contributed by atoms with Gasteiger partial charge in [-0.05, 0) is 61.4 Å². The zero-order valence-corrected chi connectivity index (χ0v) is 18.9. The van der Waals surface area contributed by atoms with Gasteiger partial charge >= 0.3 is 6.03 Å². The molecule has 2 aromatic carbocycles. The van der Waals surface area contributed by atoms with Crippen LogP contribution >= 0.6 is 0 Å². The number of anilines is 1. The second kappa shape index (κ2) is 8.55. The maximum Gasteiger partial charge on any atom is 0.325 e. The number of carbonyl (C=O) groups is 3. The molecular formula is C25H26FN5O3. The average molecular weight is 464 g/mol. The number of imide groups is 1. The van der Waals surface area contributed by atoms with Crippen molar-refractivity contribution in [2.75, 3.05) is 11.9 Å². The fourth-order valence-corrected chi connectivity index (χ4v) is 4.80. The highest BCUT2D eigenvalue weighted by Gasteiger charge is 2.52. The Labute approximate surface area is 195 Å². The highest BCUT2D eigenvalue weighted by molar-refractivity contribution is 6.10. The number of fused-ring (bicyclic) bond motifs is 1. The summed E-state index contributed by atoms with van der Waals surface area (Å²) < 4.78 is 13.9. The van der Waals surface area contributed by atoms with Gasteiger partial charge in [0.15, 0.2) is 0 Å². The summed E-state index contributed by atoms with van der Waals surface area (Å²) in [6.07, 6.45) is 3.26. The highest BCUT2D eigenvalue weighted by Crippen LogP contribution is 2.36. The van der Waals surface area contributed by atoms with Gasteiger partial charge in [-0.2, -0.15) is 0 Å². The number of aromatic amines is 1. The van der Waals surface area contributed by atoms with Crippen molar-refractivity contribution in [1.82, 2.24) is 20.2 Å². The van der Waals surface area contributed by atoms with Crippen molar-refractivity contribution in [3.05, 3.63) is 59.7 Å². The van der Waals surface area contributed by atoms with Gasteiger partial charge in [0.1, 0.15) is 23.7 Å². The fourth-order valence-electron chi connectivity index (χ4n) is 4.80. The number of halogens is 1. The van der Waals surface area contributed by atoms with Crippen LogP contribution in [0.4, 0.5) is 14.9 Å². The molecule has 3 N–H and O–H groups in total. The Morgan fingerprint density at radius 1 is 1.21 bits per heavy atom. The highest BCUT2D eigenvalue weighted by atomic mass is 19.1. The van der Waals surface area contributed by atoms with Gasteiger partial charge in [-0.15, -0.1) is 0 Å². The van der Waals surface area contributed by atoms with Gasteiger partial charge in [0, 0.05) is 12.1 Å². The summed E-state index contributed by atoms with van der Waals surface area (Å²) in [7, 11) is 0. The standard InChI is InChI=1S/C25H26FN5O3/c1-15-8-10-25(11-9-15)23(33)31(24(34)30-25)14-22(32)27-17-6-7-19-20(13-17)29-21(28-19)12-16-4-2-3-5-18(16)26/h2-7,13,15H,8-12,14H2,1H3,(H,27,32)(H,28,29)(H,30,34). The first-order valence-corrected chi connectivity index (χ1v) is 11.5. The quantitative estimate of drug-likeness (QED) is 0.501. The maximum atomic E-state index is 13.9. The van der Waals surface area contributed by atoms with Gasteiger partial charge in [0.2, 0.25) is 5.91 Å². The minimum absolute atomic E-state index is 0.291. The van der Waals surface area contributed by atoms with Crippen LogP contribution < -0.4 is 10.6 Å². The van der Waals surface area contributed by atoms with Crippen molar-refractivity contribution < 1.29 is 18.8 Å². The first kappa shape index (κ1) is 22.1. The van der Waals surface area contributed by atoms with E-state index in [4.69, 9.17) is 0 Å². The van der Waals surface area contributed by atoms with Crippen LogP contribution in [0.3, 0.4) is 0 Å². The van der Waals surface area contributed by atoms with E-state index in [1.165, 1.54) is 6.07 Å². The molecule has 1 saturated heterocycles. The number of urea groups is 1. The van der Waals surface area contributed by atoms with E-state index in [1.54, 1.807) is 36.4 Å². The molecule has 34 heavy (non-hydrogen) atoms. The Morgan fingerprint density at radius 3 is 2.74 bits per heavy atom. The molecule has 4 amide bonds. The van der Waals surface area contributed by atoms with Crippen molar-refractivity contribution in [1.29, 1.82) is 0 Å². The van der Waals surface area contributed by atoms with E-state index in [2.05, 4.69) is 27.5 Å². The van der Waals surface area contributed by atoms with Crippen molar-refractivity contribution >= 4 is 34.6 Å². The van der Waals surface area contributed by atoms with E-state index < -0.39 is 17.5 Å². The number of H-pyrrole nitrogens is 1. The van der Waals surface area contributed by atoms with E-state index in [9.17, 15) is 18.8 Å². The van der Waals surface area contributed by atoms with E-state index in [0.717, 1.165) is 17.7 Å². The van der Waals surface area contributed by atoms with Crippen LogP contribution in [0.2, 0.25) is 0 Å². The summed E-state index contributed by atoms with van der Waals surface area (Å²) in [5.74, 6) is 0.0600. The molecule has 0 atom stereocenters. The molecule has 9 heteroatoms. The summed E-state index contributed by atoms with van der Waals surface area (Å²) >= 11 is 0. The molecule has 1 spiro atoms. The monoisotopic (exact) mass is 463 g/mol. The lowest BCUT2D eigenvalue weighted by Gasteiger charge is -2.33. The van der Waals surface area contributed by atoms with Crippen molar-refractivity contribution in [3.8, 4) is 0 Å². The molecule has 3 aromatic rings. The topological polar surface area (TPSA) is 107 Å². The Balaban J connectivity index is 1.25. The summed E-state index contributed by atoms with van der Waals surface area (Å²) in [5, 5.41) is 5.58. The number of nitrogens with zero attached hydrogens (tertiary/aromatic N) is 2. The Bertz CT molecular complexity index is 1280. The van der Waals surface area contributed by atoms with Gasteiger partial charge in [-0.1, -0.05) is 25.1 Å². The number of benzene rings is 2. The number of hydrogen-bond acceptors (Lipinski definition) is 4. The summed E-state index contributed by atoms with van der Waals surface area (Å²) in [6, 6.07) is 11.2. The van der Waals surface area contributed by atoms with Gasteiger partial charge < -0.3 is 15.6 Å². The smallest absolute Gasteiger partial charge is 0.325 e. The lowest BCUT2D eigenvalue weighted by Crippen LogP contribution is -2.49. The van der Waals surface area contributed by atoms with Crippen LogP contribution in [0.25, 0.3) is 11.0 Å². The average Bonchev–Trinajstić information content (AvgIpc) is 3.30. The SMILES string of the molecule is CC1CCC2(CC1)NC(=O)N(CC(=O)Nc1ccc3nc(Cc4ccccc4F)[nH]c3c1)C2=O. The van der Waals surface area contributed by atoms with Crippen molar-refractivity contribution in [3.63, 3.8) is 0 Å². The summed E-state index contributed by atoms with van der Waals surface area (Å²) in [6.45, 7) is 1.79.